The van der Waals surface area contributed by atoms with Gasteiger partial charge in [0.05, 0.1) is 0 Å². The quantitative estimate of drug-likeness (QED) is 0.598. The van der Waals surface area contributed by atoms with E-state index in [1.807, 2.05) is 32.1 Å². The lowest BCUT2D eigenvalue weighted by Crippen LogP contribution is -2.23. The lowest BCUT2D eigenvalue weighted by Gasteiger charge is -2.24. The van der Waals surface area contributed by atoms with Crippen LogP contribution in [-0.2, 0) is 4.79 Å². The molecule has 2 heteroatoms. The van der Waals surface area contributed by atoms with Crippen LogP contribution in [0.25, 0.3) is 0 Å². The highest BCUT2D eigenvalue weighted by Gasteiger charge is 2.25. The molecule has 1 fully saturated rings. The molecular formula is C10H17NO. The maximum atomic E-state index is 11.6. The standard InChI is InChI=1S/C10H17NO/c1-8(7-11(2)3)10(12)9-5-4-6-9/h7,9H,4-6H2,1-3H3/b8-7+. The van der Waals surface area contributed by atoms with Gasteiger partial charge >= 0.3 is 0 Å². The Balaban J connectivity index is 2.50. The van der Waals surface area contributed by atoms with Crippen molar-refractivity contribution in [2.24, 2.45) is 5.92 Å². The zero-order chi connectivity index (χ0) is 9.14. The van der Waals surface area contributed by atoms with Crippen molar-refractivity contribution in [1.82, 2.24) is 4.90 Å². The van der Waals surface area contributed by atoms with E-state index in [2.05, 4.69) is 0 Å². The predicted octanol–water partition coefficient (Wildman–Crippen LogP) is 1.82. The number of hydrogen-bond acceptors (Lipinski definition) is 2. The number of carbonyl (C=O) groups excluding carboxylic acids is 1. The summed E-state index contributed by atoms with van der Waals surface area (Å²) >= 11 is 0. The van der Waals surface area contributed by atoms with Gasteiger partial charge in [0, 0.05) is 31.8 Å². The minimum atomic E-state index is 0.334. The fourth-order valence-electron chi connectivity index (χ4n) is 1.44. The summed E-state index contributed by atoms with van der Waals surface area (Å²) in [7, 11) is 3.88. The molecule has 1 rings (SSSR count). The smallest absolute Gasteiger partial charge is 0.163 e. The normalized spacial score (nSPS) is 18.8. The summed E-state index contributed by atoms with van der Waals surface area (Å²) < 4.78 is 0. The molecule has 1 saturated carbocycles. The van der Waals surface area contributed by atoms with Crippen molar-refractivity contribution >= 4 is 5.78 Å². The summed E-state index contributed by atoms with van der Waals surface area (Å²) in [4.78, 5) is 13.5. The van der Waals surface area contributed by atoms with Crippen molar-refractivity contribution in [3.05, 3.63) is 11.8 Å². The highest BCUT2D eigenvalue weighted by molar-refractivity contribution is 5.96. The van der Waals surface area contributed by atoms with Crippen LogP contribution in [0.3, 0.4) is 0 Å². The molecule has 0 bridgehead atoms. The first-order valence-corrected chi connectivity index (χ1v) is 4.50. The van der Waals surface area contributed by atoms with Gasteiger partial charge in [-0.25, -0.2) is 0 Å². The number of hydrogen-bond donors (Lipinski definition) is 0. The van der Waals surface area contributed by atoms with E-state index in [0.717, 1.165) is 18.4 Å². The van der Waals surface area contributed by atoms with E-state index in [0.29, 0.717) is 11.7 Å². The van der Waals surface area contributed by atoms with Gasteiger partial charge < -0.3 is 4.90 Å². The van der Waals surface area contributed by atoms with Crippen LogP contribution in [0.5, 0.6) is 0 Å². The van der Waals surface area contributed by atoms with Gasteiger partial charge in [-0.1, -0.05) is 6.42 Å². The molecule has 1 aliphatic carbocycles. The Labute approximate surface area is 74.2 Å². The minimum absolute atomic E-state index is 0.334. The fraction of sp³-hybridized carbons (Fsp3) is 0.700. The van der Waals surface area contributed by atoms with Crippen LogP contribution in [0.15, 0.2) is 11.8 Å². The molecule has 12 heavy (non-hydrogen) atoms. The molecule has 68 valence electrons. The monoisotopic (exact) mass is 167 g/mol. The Morgan fingerprint density at radius 3 is 2.33 bits per heavy atom. The molecule has 0 amide bonds. The Morgan fingerprint density at radius 1 is 1.42 bits per heavy atom. The summed E-state index contributed by atoms with van der Waals surface area (Å²) in [6, 6.07) is 0. The largest absolute Gasteiger partial charge is 0.383 e. The molecule has 0 atom stereocenters. The molecule has 0 heterocycles. The molecule has 1 aliphatic rings. The molecule has 0 aromatic rings. The molecule has 0 aromatic heterocycles. The third kappa shape index (κ3) is 2.10. The molecule has 0 saturated heterocycles. The van der Waals surface area contributed by atoms with Crippen LogP contribution in [0, 0.1) is 5.92 Å². The van der Waals surface area contributed by atoms with Crippen molar-refractivity contribution in [1.29, 1.82) is 0 Å². The first kappa shape index (κ1) is 9.30. The highest BCUT2D eigenvalue weighted by atomic mass is 16.1. The average molecular weight is 167 g/mol. The minimum Gasteiger partial charge on any atom is -0.383 e. The summed E-state index contributed by atoms with van der Waals surface area (Å²) in [6.07, 6.45) is 5.32. The van der Waals surface area contributed by atoms with E-state index in [1.165, 1.54) is 6.42 Å². The van der Waals surface area contributed by atoms with Gasteiger partial charge in [0.1, 0.15) is 0 Å². The van der Waals surface area contributed by atoms with Crippen molar-refractivity contribution in [3.8, 4) is 0 Å². The van der Waals surface area contributed by atoms with Crippen molar-refractivity contribution in [2.75, 3.05) is 14.1 Å². The molecule has 0 spiro atoms. The van der Waals surface area contributed by atoms with Crippen LogP contribution < -0.4 is 0 Å². The fourth-order valence-corrected chi connectivity index (χ4v) is 1.44. The Kier molecular flexibility index (Phi) is 2.90. The molecule has 0 N–H and O–H groups in total. The second kappa shape index (κ2) is 3.74. The van der Waals surface area contributed by atoms with E-state index in [4.69, 9.17) is 0 Å². The Morgan fingerprint density at radius 2 is 2.00 bits per heavy atom. The lowest BCUT2D eigenvalue weighted by molar-refractivity contribution is -0.121. The second-order valence-electron chi connectivity index (χ2n) is 3.77. The van der Waals surface area contributed by atoms with E-state index in [1.54, 1.807) is 0 Å². The number of carbonyl (C=O) groups is 1. The molecule has 0 aromatic carbocycles. The lowest BCUT2D eigenvalue weighted by atomic mass is 9.80. The van der Waals surface area contributed by atoms with Gasteiger partial charge in [-0.2, -0.15) is 0 Å². The van der Waals surface area contributed by atoms with Gasteiger partial charge in [0.25, 0.3) is 0 Å². The van der Waals surface area contributed by atoms with Crippen LogP contribution in [0.4, 0.5) is 0 Å². The van der Waals surface area contributed by atoms with Crippen LogP contribution in [0.1, 0.15) is 26.2 Å². The van der Waals surface area contributed by atoms with Crippen molar-refractivity contribution in [3.63, 3.8) is 0 Å². The summed E-state index contributed by atoms with van der Waals surface area (Å²) in [5.41, 5.74) is 0.893. The van der Waals surface area contributed by atoms with E-state index < -0.39 is 0 Å². The van der Waals surface area contributed by atoms with Gasteiger partial charge in [-0.3, -0.25) is 4.79 Å². The van der Waals surface area contributed by atoms with E-state index >= 15 is 0 Å². The molecule has 2 nitrogen and oxygen atoms in total. The summed E-state index contributed by atoms with van der Waals surface area (Å²) in [5, 5.41) is 0. The van der Waals surface area contributed by atoms with Crippen LogP contribution >= 0.6 is 0 Å². The number of rotatable bonds is 3. The molecule has 0 unspecified atom stereocenters. The second-order valence-corrected chi connectivity index (χ2v) is 3.77. The van der Waals surface area contributed by atoms with Gasteiger partial charge in [-0.15, -0.1) is 0 Å². The van der Waals surface area contributed by atoms with E-state index in [9.17, 15) is 4.79 Å². The number of allylic oxidation sites excluding steroid dienone is 1. The maximum Gasteiger partial charge on any atom is 0.163 e. The van der Waals surface area contributed by atoms with E-state index in [-0.39, 0.29) is 0 Å². The zero-order valence-electron chi connectivity index (χ0n) is 8.13. The Hall–Kier alpha value is -0.790. The van der Waals surface area contributed by atoms with Gasteiger partial charge in [0.2, 0.25) is 0 Å². The SMILES string of the molecule is C/C(=C\N(C)C)C(=O)C1CCC1. The summed E-state index contributed by atoms with van der Waals surface area (Å²) in [5.74, 6) is 0.677. The van der Waals surface area contributed by atoms with Gasteiger partial charge in [-0.05, 0) is 19.8 Å². The summed E-state index contributed by atoms with van der Waals surface area (Å²) in [6.45, 7) is 1.90. The Bertz CT molecular complexity index is 202. The zero-order valence-corrected chi connectivity index (χ0v) is 8.13. The molecule has 0 radical (unpaired) electrons. The highest BCUT2D eigenvalue weighted by Crippen LogP contribution is 2.29. The third-order valence-electron chi connectivity index (χ3n) is 2.32. The maximum absolute atomic E-state index is 11.6. The van der Waals surface area contributed by atoms with Gasteiger partial charge in [0.15, 0.2) is 5.78 Å². The van der Waals surface area contributed by atoms with Crippen molar-refractivity contribution in [2.45, 2.75) is 26.2 Å². The van der Waals surface area contributed by atoms with Crippen LogP contribution in [0.2, 0.25) is 0 Å². The first-order chi connectivity index (χ1) is 5.61. The van der Waals surface area contributed by atoms with Crippen molar-refractivity contribution < 1.29 is 4.79 Å². The topological polar surface area (TPSA) is 20.3 Å². The molecular weight excluding hydrogens is 150 g/mol. The predicted molar refractivity (Wildman–Crippen MR) is 49.8 cm³/mol. The third-order valence-corrected chi connectivity index (χ3v) is 2.32. The number of Topliss-reactive ketones (excluding diaryl/α,β-unsaturated/α-hetero) is 1. The average Bonchev–Trinajstić information content (AvgIpc) is 1.81. The van der Waals surface area contributed by atoms with Crippen LogP contribution in [-0.4, -0.2) is 24.8 Å². The number of nitrogens with zero attached hydrogens (tertiary/aromatic N) is 1. The number of ketones is 1. The molecule has 0 aliphatic heterocycles. The first-order valence-electron chi connectivity index (χ1n) is 4.50.